The molecule has 0 aliphatic carbocycles. The molecule has 0 atom stereocenters. The van der Waals surface area contributed by atoms with E-state index < -0.39 is 0 Å². The fraction of sp³-hybridized carbons (Fsp3) is 0.200. The van der Waals surface area contributed by atoms with Crippen molar-refractivity contribution in [3.05, 3.63) is 24.0 Å². The first-order chi connectivity index (χ1) is 6.85. The number of methoxy groups -OCH3 is 1. The smallest absolute Gasteiger partial charge is 0.151 e. The largest absolute Gasteiger partial charge is 0.497 e. The van der Waals surface area contributed by atoms with Crippen LogP contribution in [0.2, 0.25) is 0 Å². The van der Waals surface area contributed by atoms with Gasteiger partial charge in [-0.05, 0) is 12.1 Å². The molecule has 0 spiro atoms. The number of hydrogen-bond acceptors (Lipinski definition) is 4. The van der Waals surface area contributed by atoms with Gasteiger partial charge >= 0.3 is 0 Å². The van der Waals surface area contributed by atoms with Crippen LogP contribution in [-0.4, -0.2) is 18.6 Å². The Balaban J connectivity index is 2.53. The first-order valence-corrected chi connectivity index (χ1v) is 4.21. The van der Waals surface area contributed by atoms with E-state index in [1.54, 1.807) is 13.2 Å². The number of benzene rings is 1. The average molecular weight is 191 g/mol. The van der Waals surface area contributed by atoms with Gasteiger partial charge in [-0.25, -0.2) is 0 Å². The molecular formula is C10H9NO3. The maximum atomic E-state index is 10.3. The van der Waals surface area contributed by atoms with Crippen molar-refractivity contribution < 1.29 is 14.1 Å². The third-order valence-electron chi connectivity index (χ3n) is 2.03. The van der Waals surface area contributed by atoms with Crippen LogP contribution in [-0.2, 0) is 11.2 Å². The van der Waals surface area contributed by atoms with Crippen molar-refractivity contribution in [2.24, 2.45) is 0 Å². The van der Waals surface area contributed by atoms with E-state index >= 15 is 0 Å². The van der Waals surface area contributed by atoms with Crippen LogP contribution in [0.3, 0.4) is 0 Å². The summed E-state index contributed by atoms with van der Waals surface area (Å²) < 4.78 is 10.1. The Kier molecular flexibility index (Phi) is 2.18. The van der Waals surface area contributed by atoms with Gasteiger partial charge in [0.2, 0.25) is 0 Å². The summed E-state index contributed by atoms with van der Waals surface area (Å²) in [7, 11) is 1.59. The van der Waals surface area contributed by atoms with Crippen molar-refractivity contribution in [2.45, 2.75) is 6.42 Å². The predicted octanol–water partition coefficient (Wildman–Crippen LogP) is 1.58. The quantitative estimate of drug-likeness (QED) is 0.691. The van der Waals surface area contributed by atoms with Gasteiger partial charge in [-0.1, -0.05) is 5.16 Å². The molecule has 1 heterocycles. The van der Waals surface area contributed by atoms with Gasteiger partial charge in [0.05, 0.1) is 13.5 Å². The van der Waals surface area contributed by atoms with Crippen molar-refractivity contribution in [3.63, 3.8) is 0 Å². The van der Waals surface area contributed by atoms with Gasteiger partial charge in [-0.3, -0.25) is 0 Å². The lowest BCUT2D eigenvalue weighted by atomic mass is 10.2. The lowest BCUT2D eigenvalue weighted by Crippen LogP contribution is -1.84. The summed E-state index contributed by atoms with van der Waals surface area (Å²) in [6, 6.07) is 5.42. The number of rotatable bonds is 3. The van der Waals surface area contributed by atoms with Crippen LogP contribution in [0.5, 0.6) is 5.75 Å². The number of aldehydes is 1. The summed E-state index contributed by atoms with van der Waals surface area (Å²) in [4.78, 5) is 10.3. The van der Waals surface area contributed by atoms with Gasteiger partial charge in [-0.15, -0.1) is 0 Å². The van der Waals surface area contributed by atoms with Gasteiger partial charge in [-0.2, -0.15) is 0 Å². The predicted molar refractivity (Wildman–Crippen MR) is 50.3 cm³/mol. The number of carbonyl (C=O) groups is 1. The molecule has 0 fully saturated rings. The molecule has 0 unspecified atom stereocenters. The van der Waals surface area contributed by atoms with E-state index in [2.05, 4.69) is 5.16 Å². The van der Waals surface area contributed by atoms with E-state index in [-0.39, 0.29) is 6.42 Å². The van der Waals surface area contributed by atoms with E-state index in [1.807, 2.05) is 12.1 Å². The molecule has 0 bridgehead atoms. The lowest BCUT2D eigenvalue weighted by molar-refractivity contribution is -0.107. The highest BCUT2D eigenvalue weighted by atomic mass is 16.5. The van der Waals surface area contributed by atoms with Crippen LogP contribution in [0.15, 0.2) is 22.7 Å². The number of nitrogens with zero attached hydrogens (tertiary/aromatic N) is 1. The van der Waals surface area contributed by atoms with E-state index in [9.17, 15) is 4.79 Å². The minimum Gasteiger partial charge on any atom is -0.497 e. The molecule has 0 aliphatic rings. The van der Waals surface area contributed by atoms with Crippen LogP contribution in [0.4, 0.5) is 0 Å². The van der Waals surface area contributed by atoms with Crippen LogP contribution in [0, 0.1) is 0 Å². The average Bonchev–Trinajstić information content (AvgIpc) is 2.61. The Morgan fingerprint density at radius 2 is 2.43 bits per heavy atom. The van der Waals surface area contributed by atoms with Gasteiger partial charge in [0.25, 0.3) is 0 Å². The minimum absolute atomic E-state index is 0.253. The molecule has 72 valence electrons. The molecular weight excluding hydrogens is 182 g/mol. The standard InChI is InChI=1S/C10H9NO3/c1-13-7-2-3-8-9(6-7)11-14-10(8)4-5-12/h2-3,5-6H,4H2,1H3. The SMILES string of the molecule is COc1ccc2c(CC=O)onc2c1. The van der Waals surface area contributed by atoms with Crippen molar-refractivity contribution >= 4 is 17.2 Å². The van der Waals surface area contributed by atoms with Crippen LogP contribution >= 0.6 is 0 Å². The Morgan fingerprint density at radius 3 is 3.14 bits per heavy atom. The van der Waals surface area contributed by atoms with Crippen LogP contribution < -0.4 is 4.74 Å². The molecule has 0 saturated heterocycles. The Labute approximate surface area is 80.4 Å². The molecule has 0 amide bonds. The summed E-state index contributed by atoms with van der Waals surface area (Å²) in [5, 5.41) is 4.69. The van der Waals surface area contributed by atoms with Gasteiger partial charge in [0.1, 0.15) is 17.6 Å². The van der Waals surface area contributed by atoms with Crippen molar-refractivity contribution in [2.75, 3.05) is 7.11 Å². The van der Waals surface area contributed by atoms with E-state index in [1.165, 1.54) is 0 Å². The van der Waals surface area contributed by atoms with Crippen LogP contribution in [0.1, 0.15) is 5.76 Å². The highest BCUT2D eigenvalue weighted by Gasteiger charge is 2.07. The van der Waals surface area contributed by atoms with Gasteiger partial charge in [0, 0.05) is 11.5 Å². The molecule has 2 aromatic rings. The summed E-state index contributed by atoms with van der Waals surface area (Å²) >= 11 is 0. The zero-order valence-electron chi connectivity index (χ0n) is 7.69. The zero-order chi connectivity index (χ0) is 9.97. The van der Waals surface area contributed by atoms with Crippen molar-refractivity contribution in [3.8, 4) is 5.75 Å². The zero-order valence-corrected chi connectivity index (χ0v) is 7.69. The monoisotopic (exact) mass is 191 g/mol. The second-order valence-electron chi connectivity index (χ2n) is 2.86. The lowest BCUT2D eigenvalue weighted by Gasteiger charge is -1.96. The molecule has 4 heteroatoms. The fourth-order valence-electron chi connectivity index (χ4n) is 1.33. The molecule has 4 nitrogen and oxygen atoms in total. The fourth-order valence-corrected chi connectivity index (χ4v) is 1.33. The number of aromatic nitrogens is 1. The summed E-state index contributed by atoms with van der Waals surface area (Å²) in [6.45, 7) is 0. The first kappa shape index (κ1) is 8.74. The van der Waals surface area contributed by atoms with Gasteiger partial charge in [0.15, 0.2) is 5.76 Å². The Morgan fingerprint density at radius 1 is 1.57 bits per heavy atom. The molecule has 0 saturated carbocycles. The Bertz CT molecular complexity index is 461. The van der Waals surface area contributed by atoms with Crippen molar-refractivity contribution in [1.29, 1.82) is 0 Å². The van der Waals surface area contributed by atoms with E-state index in [0.29, 0.717) is 11.3 Å². The van der Waals surface area contributed by atoms with Crippen LogP contribution in [0.25, 0.3) is 10.9 Å². The molecule has 1 aromatic heterocycles. The molecule has 0 N–H and O–H groups in total. The van der Waals surface area contributed by atoms with Gasteiger partial charge < -0.3 is 14.1 Å². The molecule has 2 rings (SSSR count). The highest BCUT2D eigenvalue weighted by Crippen LogP contribution is 2.22. The van der Waals surface area contributed by atoms with Crippen molar-refractivity contribution in [1.82, 2.24) is 5.16 Å². The van der Waals surface area contributed by atoms with E-state index in [4.69, 9.17) is 9.26 Å². The maximum Gasteiger partial charge on any atom is 0.151 e. The molecule has 1 aromatic carbocycles. The number of ether oxygens (including phenoxy) is 1. The third-order valence-corrected chi connectivity index (χ3v) is 2.03. The summed E-state index contributed by atoms with van der Waals surface area (Å²) in [5.41, 5.74) is 0.709. The third kappa shape index (κ3) is 1.35. The second kappa shape index (κ2) is 3.49. The van der Waals surface area contributed by atoms with E-state index in [0.717, 1.165) is 17.4 Å². The number of hydrogen-bond donors (Lipinski definition) is 0. The summed E-state index contributed by atoms with van der Waals surface area (Å²) in [6.07, 6.45) is 1.05. The number of fused-ring (bicyclic) bond motifs is 1. The normalized spacial score (nSPS) is 10.4. The topological polar surface area (TPSA) is 52.3 Å². The summed E-state index contributed by atoms with van der Waals surface area (Å²) in [5.74, 6) is 1.32. The molecule has 0 aliphatic heterocycles. The first-order valence-electron chi connectivity index (χ1n) is 4.21. The second-order valence-corrected chi connectivity index (χ2v) is 2.86. The Hall–Kier alpha value is -1.84. The highest BCUT2D eigenvalue weighted by molar-refractivity contribution is 5.83. The molecule has 14 heavy (non-hydrogen) atoms. The minimum atomic E-state index is 0.253. The number of carbonyl (C=O) groups excluding carboxylic acids is 1. The maximum absolute atomic E-state index is 10.3. The molecule has 0 radical (unpaired) electrons.